The lowest BCUT2D eigenvalue weighted by Crippen LogP contribution is -2.54. The Balaban J connectivity index is 1.67. The summed E-state index contributed by atoms with van der Waals surface area (Å²) in [6, 6.07) is 0.131. The van der Waals surface area contributed by atoms with Gasteiger partial charge in [-0.3, -0.25) is 4.79 Å². The highest BCUT2D eigenvalue weighted by molar-refractivity contribution is 5.78. The number of likely N-dealkylation sites (tertiary alicyclic amines) is 1. The van der Waals surface area contributed by atoms with Crippen molar-refractivity contribution in [1.82, 2.24) is 20.0 Å². The zero-order valence-corrected chi connectivity index (χ0v) is 13.3. The summed E-state index contributed by atoms with van der Waals surface area (Å²) < 4.78 is 0. The van der Waals surface area contributed by atoms with Gasteiger partial charge in [-0.15, -0.1) is 0 Å². The van der Waals surface area contributed by atoms with E-state index in [0.717, 1.165) is 19.6 Å². The third kappa shape index (κ3) is 4.88. The van der Waals surface area contributed by atoms with Crippen LogP contribution in [0.4, 0.5) is 4.79 Å². The Labute approximate surface area is 127 Å². The summed E-state index contributed by atoms with van der Waals surface area (Å²) in [7, 11) is 0. The van der Waals surface area contributed by atoms with Crippen molar-refractivity contribution in [3.8, 4) is 0 Å². The Morgan fingerprint density at radius 3 is 2.10 bits per heavy atom. The van der Waals surface area contributed by atoms with Crippen molar-refractivity contribution in [3.05, 3.63) is 0 Å². The number of carbonyl (C=O) groups is 2. The summed E-state index contributed by atoms with van der Waals surface area (Å²) in [6.45, 7) is 9.64. The second-order valence-electron chi connectivity index (χ2n) is 6.27. The molecule has 2 heterocycles. The van der Waals surface area contributed by atoms with E-state index in [4.69, 9.17) is 0 Å². The molecule has 0 aliphatic carbocycles. The SMILES string of the molecule is CC(C)NC(=O)N1CCN(C(=O)CCN2CCCC2)CC1. The van der Waals surface area contributed by atoms with E-state index < -0.39 is 0 Å². The molecule has 0 unspecified atom stereocenters. The van der Waals surface area contributed by atoms with Gasteiger partial charge in [-0.2, -0.15) is 0 Å². The largest absolute Gasteiger partial charge is 0.339 e. The molecule has 0 bridgehead atoms. The van der Waals surface area contributed by atoms with Crippen molar-refractivity contribution in [3.63, 3.8) is 0 Å². The number of urea groups is 1. The van der Waals surface area contributed by atoms with Gasteiger partial charge in [0.15, 0.2) is 0 Å². The Hall–Kier alpha value is -1.30. The number of amides is 3. The molecule has 2 aliphatic heterocycles. The molecule has 1 N–H and O–H groups in total. The second kappa shape index (κ2) is 7.64. The minimum atomic E-state index is -0.0193. The first-order valence-electron chi connectivity index (χ1n) is 8.12. The van der Waals surface area contributed by atoms with Gasteiger partial charge in [0.05, 0.1) is 0 Å². The summed E-state index contributed by atoms with van der Waals surface area (Å²) in [5.74, 6) is 0.228. The fourth-order valence-electron chi connectivity index (χ4n) is 2.92. The van der Waals surface area contributed by atoms with Crippen molar-refractivity contribution in [2.75, 3.05) is 45.8 Å². The van der Waals surface area contributed by atoms with E-state index in [1.165, 1.54) is 12.8 Å². The minimum absolute atomic E-state index is 0.0193. The molecule has 120 valence electrons. The molecule has 0 saturated carbocycles. The number of rotatable bonds is 4. The van der Waals surface area contributed by atoms with E-state index >= 15 is 0 Å². The molecular weight excluding hydrogens is 268 g/mol. The summed E-state index contributed by atoms with van der Waals surface area (Å²) in [4.78, 5) is 30.1. The van der Waals surface area contributed by atoms with Crippen molar-refractivity contribution < 1.29 is 9.59 Å². The Bertz CT molecular complexity index is 359. The van der Waals surface area contributed by atoms with Gasteiger partial charge in [-0.25, -0.2) is 4.79 Å². The van der Waals surface area contributed by atoms with E-state index in [1.807, 2.05) is 18.7 Å². The smallest absolute Gasteiger partial charge is 0.317 e. The molecular formula is C15H28N4O2. The van der Waals surface area contributed by atoms with Crippen molar-refractivity contribution >= 4 is 11.9 Å². The number of hydrogen-bond donors (Lipinski definition) is 1. The number of nitrogens with zero attached hydrogens (tertiary/aromatic N) is 3. The molecule has 0 aromatic rings. The average Bonchev–Trinajstić information content (AvgIpc) is 2.97. The first kappa shape index (κ1) is 16.1. The van der Waals surface area contributed by atoms with Crippen LogP contribution in [0.5, 0.6) is 0 Å². The molecule has 0 atom stereocenters. The molecule has 0 spiro atoms. The quantitative estimate of drug-likeness (QED) is 0.832. The minimum Gasteiger partial charge on any atom is -0.339 e. The van der Waals surface area contributed by atoms with Gasteiger partial charge in [-0.1, -0.05) is 0 Å². The second-order valence-corrected chi connectivity index (χ2v) is 6.27. The summed E-state index contributed by atoms with van der Waals surface area (Å²) >= 11 is 0. The van der Waals surface area contributed by atoms with Crippen LogP contribution >= 0.6 is 0 Å². The van der Waals surface area contributed by atoms with Crippen LogP contribution in [0.3, 0.4) is 0 Å². The van der Waals surface area contributed by atoms with Gasteiger partial charge >= 0.3 is 6.03 Å². The molecule has 2 rings (SSSR count). The van der Waals surface area contributed by atoms with E-state index in [0.29, 0.717) is 32.6 Å². The summed E-state index contributed by atoms with van der Waals surface area (Å²) in [6.07, 6.45) is 3.13. The van der Waals surface area contributed by atoms with Crippen LogP contribution in [0.2, 0.25) is 0 Å². The average molecular weight is 296 g/mol. The van der Waals surface area contributed by atoms with Crippen LogP contribution in [-0.2, 0) is 4.79 Å². The number of nitrogens with one attached hydrogen (secondary N) is 1. The fraction of sp³-hybridized carbons (Fsp3) is 0.867. The highest BCUT2D eigenvalue weighted by Gasteiger charge is 2.24. The van der Waals surface area contributed by atoms with Gasteiger partial charge < -0.3 is 20.0 Å². The lowest BCUT2D eigenvalue weighted by Gasteiger charge is -2.35. The van der Waals surface area contributed by atoms with Gasteiger partial charge in [-0.05, 0) is 39.8 Å². The highest BCUT2D eigenvalue weighted by atomic mass is 16.2. The van der Waals surface area contributed by atoms with E-state index in [-0.39, 0.29) is 18.0 Å². The molecule has 0 aromatic heterocycles. The number of hydrogen-bond acceptors (Lipinski definition) is 3. The maximum absolute atomic E-state index is 12.2. The summed E-state index contributed by atoms with van der Waals surface area (Å²) in [5, 5.41) is 2.90. The number of piperazine rings is 1. The number of carbonyl (C=O) groups excluding carboxylic acids is 2. The lowest BCUT2D eigenvalue weighted by molar-refractivity contribution is -0.132. The zero-order chi connectivity index (χ0) is 15.2. The molecule has 0 radical (unpaired) electrons. The van der Waals surface area contributed by atoms with Crippen LogP contribution < -0.4 is 5.32 Å². The van der Waals surface area contributed by atoms with Crippen LogP contribution in [0.1, 0.15) is 33.1 Å². The lowest BCUT2D eigenvalue weighted by atomic mass is 10.2. The fourth-order valence-corrected chi connectivity index (χ4v) is 2.92. The first-order chi connectivity index (χ1) is 10.1. The molecule has 21 heavy (non-hydrogen) atoms. The molecule has 6 nitrogen and oxygen atoms in total. The van der Waals surface area contributed by atoms with Gasteiger partial charge in [0, 0.05) is 45.2 Å². The van der Waals surface area contributed by atoms with Crippen molar-refractivity contribution in [1.29, 1.82) is 0 Å². The molecule has 3 amide bonds. The van der Waals surface area contributed by atoms with Crippen LogP contribution in [0, 0.1) is 0 Å². The molecule has 2 saturated heterocycles. The standard InChI is InChI=1S/C15H28N4O2/c1-13(2)16-15(21)19-11-9-18(10-12-19)14(20)5-8-17-6-3-4-7-17/h13H,3-12H2,1-2H3,(H,16,21). The van der Waals surface area contributed by atoms with Gasteiger partial charge in [0.1, 0.15) is 0 Å². The summed E-state index contributed by atoms with van der Waals surface area (Å²) in [5.41, 5.74) is 0. The van der Waals surface area contributed by atoms with Gasteiger partial charge in [0.25, 0.3) is 0 Å². The van der Waals surface area contributed by atoms with Gasteiger partial charge in [0.2, 0.25) is 5.91 Å². The van der Waals surface area contributed by atoms with Crippen LogP contribution in [-0.4, -0.2) is 78.5 Å². The van der Waals surface area contributed by atoms with Crippen molar-refractivity contribution in [2.45, 2.75) is 39.2 Å². The molecule has 2 aliphatic rings. The van der Waals surface area contributed by atoms with Crippen molar-refractivity contribution in [2.24, 2.45) is 0 Å². The molecule has 2 fully saturated rings. The molecule has 6 heteroatoms. The Morgan fingerprint density at radius 1 is 0.952 bits per heavy atom. The van der Waals surface area contributed by atoms with E-state index in [2.05, 4.69) is 10.2 Å². The van der Waals surface area contributed by atoms with E-state index in [1.54, 1.807) is 4.90 Å². The normalized spacial score (nSPS) is 20.1. The monoisotopic (exact) mass is 296 g/mol. The third-order valence-corrected chi connectivity index (χ3v) is 4.17. The predicted molar refractivity (Wildman–Crippen MR) is 82.1 cm³/mol. The Kier molecular flexibility index (Phi) is 5.85. The highest BCUT2D eigenvalue weighted by Crippen LogP contribution is 2.09. The predicted octanol–water partition coefficient (Wildman–Crippen LogP) is 0.735. The van der Waals surface area contributed by atoms with Crippen LogP contribution in [0.15, 0.2) is 0 Å². The first-order valence-corrected chi connectivity index (χ1v) is 8.12. The zero-order valence-electron chi connectivity index (χ0n) is 13.3. The van der Waals surface area contributed by atoms with E-state index in [9.17, 15) is 9.59 Å². The Morgan fingerprint density at radius 2 is 1.52 bits per heavy atom. The van der Waals surface area contributed by atoms with Crippen LogP contribution in [0.25, 0.3) is 0 Å². The molecule has 0 aromatic carbocycles. The maximum Gasteiger partial charge on any atom is 0.317 e. The third-order valence-electron chi connectivity index (χ3n) is 4.17. The topological polar surface area (TPSA) is 55.9 Å². The maximum atomic E-state index is 12.2.